The lowest BCUT2D eigenvalue weighted by Crippen LogP contribution is -2.13. The fraction of sp³-hybridized carbons (Fsp3) is 0.250. The number of hydrogen-bond donors (Lipinski definition) is 1. The summed E-state index contributed by atoms with van der Waals surface area (Å²) in [4.78, 5) is 17.9. The van der Waals surface area contributed by atoms with Gasteiger partial charge >= 0.3 is 0 Å². The van der Waals surface area contributed by atoms with E-state index in [4.69, 9.17) is 11.6 Å². The van der Waals surface area contributed by atoms with Crippen LogP contribution in [0.1, 0.15) is 40.5 Å². The third kappa shape index (κ3) is 4.41. The molecule has 33 heavy (non-hydrogen) atoms. The van der Waals surface area contributed by atoms with Gasteiger partial charge in [0.1, 0.15) is 21.5 Å². The summed E-state index contributed by atoms with van der Waals surface area (Å²) in [5, 5.41) is 12.7. The molecule has 0 aliphatic carbocycles. The molecule has 2 aromatic carbocycles. The highest BCUT2D eigenvalue weighted by atomic mass is 35.5. The average Bonchev–Trinajstić information content (AvgIpc) is 3.31. The van der Waals surface area contributed by atoms with Crippen LogP contribution in [0.15, 0.2) is 42.5 Å². The number of amides is 1. The van der Waals surface area contributed by atoms with Gasteiger partial charge in [0.25, 0.3) is 5.91 Å². The maximum Gasteiger partial charge on any atom is 0.267 e. The third-order valence-electron chi connectivity index (χ3n) is 5.68. The van der Waals surface area contributed by atoms with Crippen LogP contribution >= 0.6 is 22.9 Å². The SMILES string of the molecule is Cc1nc(-c2ccc(Cl)cc2)sc1C(=O)Nc1cc(-c2nnc3n2CCCCC3)ccc1F. The maximum atomic E-state index is 14.6. The number of carbonyl (C=O) groups is 1. The first-order chi connectivity index (χ1) is 16.0. The lowest BCUT2D eigenvalue weighted by Gasteiger charge is -2.10. The van der Waals surface area contributed by atoms with Gasteiger partial charge in [0.2, 0.25) is 0 Å². The van der Waals surface area contributed by atoms with E-state index in [1.807, 2.05) is 12.1 Å². The van der Waals surface area contributed by atoms with E-state index in [9.17, 15) is 9.18 Å². The summed E-state index contributed by atoms with van der Waals surface area (Å²) < 4.78 is 16.7. The van der Waals surface area contributed by atoms with Gasteiger partial charge in [-0.1, -0.05) is 30.2 Å². The Morgan fingerprint density at radius 1 is 1.09 bits per heavy atom. The molecular weight excluding hydrogens is 461 g/mol. The topological polar surface area (TPSA) is 72.7 Å². The fourth-order valence-corrected chi connectivity index (χ4v) is 5.05. The Kier molecular flexibility index (Phi) is 5.95. The van der Waals surface area contributed by atoms with Gasteiger partial charge in [0, 0.05) is 29.1 Å². The molecule has 0 unspecified atom stereocenters. The van der Waals surface area contributed by atoms with E-state index in [0.717, 1.165) is 49.2 Å². The van der Waals surface area contributed by atoms with Gasteiger partial charge in [0.05, 0.1) is 11.4 Å². The number of carbonyl (C=O) groups excluding carboxylic acids is 1. The summed E-state index contributed by atoms with van der Waals surface area (Å²) in [7, 11) is 0. The predicted octanol–water partition coefficient (Wildman–Crippen LogP) is 6.15. The minimum atomic E-state index is -0.511. The van der Waals surface area contributed by atoms with E-state index in [1.54, 1.807) is 31.2 Å². The van der Waals surface area contributed by atoms with Crippen LogP contribution in [-0.4, -0.2) is 25.7 Å². The number of nitrogens with zero attached hydrogens (tertiary/aromatic N) is 4. The molecule has 0 fully saturated rings. The number of thiazole rings is 1. The summed E-state index contributed by atoms with van der Waals surface area (Å²) in [5.41, 5.74) is 2.27. The van der Waals surface area contributed by atoms with Gasteiger partial charge in [0.15, 0.2) is 5.82 Å². The lowest BCUT2D eigenvalue weighted by atomic mass is 10.1. The Labute approximate surface area is 199 Å². The number of hydrogen-bond acceptors (Lipinski definition) is 5. The number of anilines is 1. The molecule has 6 nitrogen and oxygen atoms in total. The second kappa shape index (κ2) is 9.03. The normalized spacial score (nSPS) is 13.4. The molecule has 3 heterocycles. The molecular formula is C24H21ClFN5OS. The molecule has 1 amide bonds. The molecule has 5 rings (SSSR count). The molecule has 1 aliphatic heterocycles. The zero-order valence-electron chi connectivity index (χ0n) is 17.9. The van der Waals surface area contributed by atoms with Gasteiger partial charge in [-0.2, -0.15) is 0 Å². The first-order valence-electron chi connectivity index (χ1n) is 10.8. The Balaban J connectivity index is 1.42. The van der Waals surface area contributed by atoms with Crippen molar-refractivity contribution in [1.82, 2.24) is 19.7 Å². The van der Waals surface area contributed by atoms with E-state index in [0.29, 0.717) is 26.4 Å². The number of rotatable bonds is 4. The van der Waals surface area contributed by atoms with E-state index < -0.39 is 11.7 Å². The van der Waals surface area contributed by atoms with Crippen molar-refractivity contribution in [1.29, 1.82) is 0 Å². The number of aromatic nitrogens is 4. The summed E-state index contributed by atoms with van der Waals surface area (Å²) in [6.07, 6.45) is 4.19. The lowest BCUT2D eigenvalue weighted by molar-refractivity contribution is 0.102. The Morgan fingerprint density at radius 3 is 2.70 bits per heavy atom. The second-order valence-corrected chi connectivity index (χ2v) is 9.43. The molecule has 0 atom stereocenters. The molecule has 0 saturated carbocycles. The maximum absolute atomic E-state index is 14.6. The minimum Gasteiger partial charge on any atom is -0.319 e. The highest BCUT2D eigenvalue weighted by molar-refractivity contribution is 7.17. The van der Waals surface area contributed by atoms with E-state index in [1.165, 1.54) is 17.4 Å². The average molecular weight is 482 g/mol. The Hall–Kier alpha value is -3.10. The largest absolute Gasteiger partial charge is 0.319 e. The van der Waals surface area contributed by atoms with Crippen molar-refractivity contribution < 1.29 is 9.18 Å². The van der Waals surface area contributed by atoms with Crippen molar-refractivity contribution in [2.24, 2.45) is 0 Å². The van der Waals surface area contributed by atoms with Crippen LogP contribution < -0.4 is 5.32 Å². The Morgan fingerprint density at radius 2 is 1.88 bits per heavy atom. The first kappa shape index (κ1) is 21.7. The van der Waals surface area contributed by atoms with Crippen LogP contribution in [0.2, 0.25) is 5.02 Å². The van der Waals surface area contributed by atoms with E-state index in [-0.39, 0.29) is 5.69 Å². The number of nitrogens with one attached hydrogen (secondary N) is 1. The van der Waals surface area contributed by atoms with Crippen molar-refractivity contribution >= 4 is 34.5 Å². The van der Waals surface area contributed by atoms with Crippen molar-refractivity contribution in [3.63, 3.8) is 0 Å². The fourth-order valence-electron chi connectivity index (χ4n) is 3.96. The molecule has 0 spiro atoms. The van der Waals surface area contributed by atoms with Gasteiger partial charge in [-0.3, -0.25) is 4.79 Å². The standard InChI is InChI=1S/C24H21ClFN5OS/c1-14-21(33-24(27-14)15-6-9-17(25)10-7-15)23(32)28-19-13-16(8-11-18(19)26)22-30-29-20-5-3-2-4-12-31(20)22/h6-11,13H,2-5,12H2,1H3,(H,28,32). The molecule has 4 aromatic rings. The first-order valence-corrected chi connectivity index (χ1v) is 12.0. The van der Waals surface area contributed by atoms with Crippen LogP contribution in [-0.2, 0) is 13.0 Å². The van der Waals surface area contributed by atoms with Gasteiger partial charge in [-0.15, -0.1) is 21.5 Å². The van der Waals surface area contributed by atoms with E-state index in [2.05, 4.69) is 25.1 Å². The van der Waals surface area contributed by atoms with Crippen LogP contribution in [0.25, 0.3) is 22.0 Å². The van der Waals surface area contributed by atoms with Crippen molar-refractivity contribution in [3.8, 4) is 22.0 Å². The molecule has 0 saturated heterocycles. The summed E-state index contributed by atoms with van der Waals surface area (Å²) in [6, 6.07) is 11.9. The second-order valence-electron chi connectivity index (χ2n) is 7.99. The molecule has 1 N–H and O–H groups in total. The zero-order valence-corrected chi connectivity index (χ0v) is 19.5. The summed E-state index contributed by atoms with van der Waals surface area (Å²) in [6.45, 7) is 2.60. The highest BCUT2D eigenvalue weighted by Gasteiger charge is 2.20. The molecule has 0 radical (unpaired) electrons. The van der Waals surface area contributed by atoms with Crippen LogP contribution in [0.5, 0.6) is 0 Å². The van der Waals surface area contributed by atoms with Crippen molar-refractivity contribution in [3.05, 3.63) is 69.7 Å². The molecule has 1 aliphatic rings. The number of benzene rings is 2. The number of fused-ring (bicyclic) bond motifs is 1. The third-order valence-corrected chi connectivity index (χ3v) is 7.13. The zero-order chi connectivity index (χ0) is 22.9. The van der Waals surface area contributed by atoms with Gasteiger partial charge < -0.3 is 9.88 Å². The van der Waals surface area contributed by atoms with Crippen LogP contribution in [0.3, 0.4) is 0 Å². The van der Waals surface area contributed by atoms with Crippen molar-refractivity contribution in [2.75, 3.05) is 5.32 Å². The predicted molar refractivity (Wildman–Crippen MR) is 128 cm³/mol. The van der Waals surface area contributed by atoms with Crippen LogP contribution in [0.4, 0.5) is 10.1 Å². The molecule has 168 valence electrons. The smallest absolute Gasteiger partial charge is 0.267 e. The quantitative estimate of drug-likeness (QED) is 0.379. The van der Waals surface area contributed by atoms with Gasteiger partial charge in [-0.05, 0) is 50.1 Å². The number of halogens is 2. The number of aryl methyl sites for hydroxylation is 2. The Bertz CT molecular complexity index is 1330. The van der Waals surface area contributed by atoms with Crippen molar-refractivity contribution in [2.45, 2.75) is 39.2 Å². The monoisotopic (exact) mass is 481 g/mol. The van der Waals surface area contributed by atoms with E-state index >= 15 is 0 Å². The van der Waals surface area contributed by atoms with Gasteiger partial charge in [-0.25, -0.2) is 9.37 Å². The molecule has 9 heteroatoms. The molecule has 2 aromatic heterocycles. The van der Waals surface area contributed by atoms with Crippen LogP contribution in [0, 0.1) is 12.7 Å². The molecule has 0 bridgehead atoms. The minimum absolute atomic E-state index is 0.101. The highest BCUT2D eigenvalue weighted by Crippen LogP contribution is 2.31. The summed E-state index contributed by atoms with van der Waals surface area (Å²) >= 11 is 7.22. The summed E-state index contributed by atoms with van der Waals surface area (Å²) in [5.74, 6) is 0.734.